The van der Waals surface area contributed by atoms with Crippen LogP contribution in [0, 0.1) is 13.8 Å². The number of aryl methyl sites for hydroxylation is 2. The van der Waals surface area contributed by atoms with Crippen molar-refractivity contribution in [3.8, 4) is 5.75 Å². The van der Waals surface area contributed by atoms with Crippen molar-refractivity contribution in [1.29, 1.82) is 0 Å². The molecule has 162 valence electrons. The van der Waals surface area contributed by atoms with E-state index >= 15 is 0 Å². The van der Waals surface area contributed by atoms with E-state index < -0.39 is 11.9 Å². The summed E-state index contributed by atoms with van der Waals surface area (Å²) in [7, 11) is -0.299. The first-order chi connectivity index (χ1) is 15.4. The molecule has 0 aromatic heterocycles. The first-order valence-electron chi connectivity index (χ1n) is 10.1. The summed E-state index contributed by atoms with van der Waals surface area (Å²) in [6, 6.07) is 24.8. The van der Waals surface area contributed by atoms with Crippen LogP contribution in [0.25, 0.3) is 0 Å². The maximum absolute atomic E-state index is 12.4. The lowest BCUT2D eigenvalue weighted by Gasteiger charge is -2.14. The van der Waals surface area contributed by atoms with Crippen molar-refractivity contribution in [2.75, 3.05) is 6.61 Å². The monoisotopic (exact) mass is 445 g/mol. The minimum atomic E-state index is -0.633. The van der Waals surface area contributed by atoms with Gasteiger partial charge in [-0.2, -0.15) is 0 Å². The molecule has 0 aliphatic carbocycles. The van der Waals surface area contributed by atoms with Crippen LogP contribution in [0.1, 0.15) is 11.1 Å². The van der Waals surface area contributed by atoms with Gasteiger partial charge in [0.25, 0.3) is 0 Å². The minimum absolute atomic E-state index is 0.0522. The van der Waals surface area contributed by atoms with E-state index in [0.717, 1.165) is 22.1 Å². The molecule has 0 N–H and O–H groups in total. The summed E-state index contributed by atoms with van der Waals surface area (Å²) in [5, 5.41) is 0. The third-order valence-electron chi connectivity index (χ3n) is 4.67. The second kappa shape index (κ2) is 10.6. The van der Waals surface area contributed by atoms with Crippen LogP contribution in [-0.2, 0) is 25.2 Å². The normalized spacial score (nSPS) is 10.5. The molecule has 0 aliphatic heterocycles. The van der Waals surface area contributed by atoms with Crippen molar-refractivity contribution < 1.29 is 19.1 Å². The lowest BCUT2D eigenvalue weighted by molar-refractivity contribution is -0.138. The summed E-state index contributed by atoms with van der Waals surface area (Å²) in [6.07, 6.45) is 1.03. The number of hydrogen-bond acceptors (Lipinski definition) is 4. The second-order valence-corrected chi connectivity index (χ2v) is 9.15. The van der Waals surface area contributed by atoms with Crippen LogP contribution < -0.4 is 4.74 Å². The Hall–Kier alpha value is -3.57. The highest BCUT2D eigenvalue weighted by atomic mass is 32.2. The molecule has 0 saturated heterocycles. The zero-order chi connectivity index (χ0) is 23.1. The van der Waals surface area contributed by atoms with Crippen molar-refractivity contribution in [3.63, 3.8) is 0 Å². The van der Waals surface area contributed by atoms with Crippen LogP contribution in [0.15, 0.2) is 112 Å². The first-order valence-corrected chi connectivity index (χ1v) is 11.3. The molecule has 3 rings (SSSR count). The van der Waals surface area contributed by atoms with Gasteiger partial charge in [-0.25, -0.2) is 9.59 Å². The van der Waals surface area contributed by atoms with Gasteiger partial charge in [0.1, 0.15) is 12.4 Å². The van der Waals surface area contributed by atoms with Gasteiger partial charge in [0.15, 0.2) is 14.7 Å². The van der Waals surface area contributed by atoms with Crippen molar-refractivity contribution in [3.05, 3.63) is 109 Å². The van der Waals surface area contributed by atoms with Gasteiger partial charge in [-0.3, -0.25) is 0 Å². The largest absolute Gasteiger partial charge is 0.457 e. The average molecular weight is 446 g/mol. The number of hydrogen-bond donors (Lipinski definition) is 0. The van der Waals surface area contributed by atoms with E-state index in [4.69, 9.17) is 9.47 Å². The third-order valence-corrected chi connectivity index (χ3v) is 6.86. The summed E-state index contributed by atoms with van der Waals surface area (Å²) < 4.78 is 10.5. The lowest BCUT2D eigenvalue weighted by Crippen LogP contribution is -2.17. The predicted molar refractivity (Wildman–Crippen MR) is 127 cm³/mol. The molecule has 0 aliphatic rings. The highest BCUT2D eigenvalue weighted by Crippen LogP contribution is 2.35. The molecule has 0 heterocycles. The van der Waals surface area contributed by atoms with Crippen LogP contribution in [-0.4, -0.2) is 18.5 Å². The number of ether oxygens (including phenoxy) is 2. The summed E-state index contributed by atoms with van der Waals surface area (Å²) in [4.78, 5) is 27.2. The molecule has 0 bridgehead atoms. The Morgan fingerprint density at radius 2 is 1.38 bits per heavy atom. The predicted octanol–water partition coefficient (Wildman–Crippen LogP) is 5.59. The molecule has 0 spiro atoms. The SMILES string of the molecule is C=CC(=O)OCC(=C)C(=O)Oc1c(C)cc([S+](c2ccccc2)c2ccccc2)cc1C. The minimum Gasteiger partial charge on any atom is -0.457 e. The van der Waals surface area contributed by atoms with E-state index in [1.54, 1.807) is 0 Å². The Morgan fingerprint density at radius 1 is 0.875 bits per heavy atom. The van der Waals surface area contributed by atoms with Gasteiger partial charge in [-0.15, -0.1) is 0 Å². The number of carbonyl (C=O) groups is 2. The van der Waals surface area contributed by atoms with E-state index in [-0.39, 0.29) is 23.1 Å². The lowest BCUT2D eigenvalue weighted by atomic mass is 10.1. The Morgan fingerprint density at radius 3 is 1.84 bits per heavy atom. The molecule has 0 fully saturated rings. The Labute approximate surface area is 191 Å². The summed E-state index contributed by atoms with van der Waals surface area (Å²) in [5.74, 6) is -0.768. The van der Waals surface area contributed by atoms with Crippen LogP contribution in [0.5, 0.6) is 5.75 Å². The molecule has 32 heavy (non-hydrogen) atoms. The number of benzene rings is 3. The fraction of sp³-hybridized carbons (Fsp3) is 0.111. The van der Waals surface area contributed by atoms with Gasteiger partial charge >= 0.3 is 11.9 Å². The van der Waals surface area contributed by atoms with E-state index in [9.17, 15) is 9.59 Å². The molecule has 0 amide bonds. The van der Waals surface area contributed by atoms with E-state index in [1.807, 2.05) is 50.2 Å². The Balaban J connectivity index is 1.90. The van der Waals surface area contributed by atoms with Gasteiger partial charge in [0.2, 0.25) is 0 Å². The van der Waals surface area contributed by atoms with Gasteiger partial charge in [-0.05, 0) is 49.2 Å². The molecule has 3 aromatic rings. The van der Waals surface area contributed by atoms with Gasteiger partial charge < -0.3 is 9.47 Å². The van der Waals surface area contributed by atoms with Crippen LogP contribution in [0.3, 0.4) is 0 Å². The quantitative estimate of drug-likeness (QED) is 0.196. The van der Waals surface area contributed by atoms with Crippen molar-refractivity contribution in [1.82, 2.24) is 0 Å². The van der Waals surface area contributed by atoms with Crippen LogP contribution in [0.4, 0.5) is 0 Å². The molecule has 3 aromatic carbocycles. The molecule has 0 radical (unpaired) electrons. The highest BCUT2D eigenvalue weighted by molar-refractivity contribution is 7.97. The molecule has 0 unspecified atom stereocenters. The summed E-state index contributed by atoms with van der Waals surface area (Å²) in [5.41, 5.74) is 1.73. The zero-order valence-electron chi connectivity index (χ0n) is 18.2. The van der Waals surface area contributed by atoms with Crippen molar-refractivity contribution in [2.45, 2.75) is 28.5 Å². The smallest absolute Gasteiger partial charge is 0.342 e. The van der Waals surface area contributed by atoms with E-state index in [2.05, 4.69) is 49.6 Å². The van der Waals surface area contributed by atoms with E-state index in [1.165, 1.54) is 9.79 Å². The number of rotatable bonds is 8. The van der Waals surface area contributed by atoms with Gasteiger partial charge in [0.05, 0.1) is 16.5 Å². The fourth-order valence-electron chi connectivity index (χ4n) is 3.15. The van der Waals surface area contributed by atoms with Crippen LogP contribution in [0.2, 0.25) is 0 Å². The Bertz CT molecular complexity index is 1070. The first kappa shape index (κ1) is 23.1. The molecular weight excluding hydrogens is 420 g/mol. The molecule has 4 nitrogen and oxygen atoms in total. The van der Waals surface area contributed by atoms with Crippen molar-refractivity contribution in [2.24, 2.45) is 0 Å². The second-order valence-electron chi connectivity index (χ2n) is 7.12. The molecule has 0 saturated carbocycles. The summed E-state index contributed by atoms with van der Waals surface area (Å²) >= 11 is 0. The standard InChI is InChI=1S/C27H25O4S/c1-5-25(28)30-18-21(4)27(29)31-26-19(2)16-24(17-20(26)3)32(22-12-8-6-9-13-22)23-14-10-7-11-15-23/h5-17H,1,4,18H2,2-3H3/q+1. The Kier molecular flexibility index (Phi) is 7.68. The maximum atomic E-state index is 12.4. The summed E-state index contributed by atoms with van der Waals surface area (Å²) in [6.45, 7) is 10.6. The van der Waals surface area contributed by atoms with Gasteiger partial charge in [0, 0.05) is 18.2 Å². The third kappa shape index (κ3) is 5.56. The molecular formula is C27H25O4S+. The van der Waals surface area contributed by atoms with Crippen molar-refractivity contribution >= 4 is 22.8 Å². The highest BCUT2D eigenvalue weighted by Gasteiger charge is 2.30. The molecule has 5 heteroatoms. The zero-order valence-corrected chi connectivity index (χ0v) is 19.0. The average Bonchev–Trinajstić information content (AvgIpc) is 2.81. The fourth-order valence-corrected chi connectivity index (χ4v) is 5.42. The van der Waals surface area contributed by atoms with E-state index in [0.29, 0.717) is 5.75 Å². The number of carbonyl (C=O) groups excluding carboxylic acids is 2. The van der Waals surface area contributed by atoms with Crippen LogP contribution >= 0.6 is 0 Å². The maximum Gasteiger partial charge on any atom is 0.342 e. The topological polar surface area (TPSA) is 52.6 Å². The van der Waals surface area contributed by atoms with Gasteiger partial charge in [-0.1, -0.05) is 49.6 Å². The number of esters is 2. The molecule has 0 atom stereocenters.